The average molecular weight is 2070 g/mol. The fourth-order valence-corrected chi connectivity index (χ4v) is 20.5. The number of halogens is 1. The van der Waals surface area contributed by atoms with Crippen molar-refractivity contribution in [3.8, 4) is 23.0 Å². The highest BCUT2D eigenvalue weighted by atomic mass is 35.7. The standard InChI is InChI=1S/C33H33N5O6.C22H25N6O9P.C21H27N6O8P.C10H13ClNO4P.2CH4.H5P3/c1-20(39)26-27-28(44-32(41-3)43-27)31(42-26)38-19-36-25-29(34-18-35-30(25)38)37-33(21-10-6-4-7-11-21,22-12-8-5-9-13-22)23-14-16-24(40-2)17-15-23;1-11(21(29)32-3)27-38(31,37-13-7-5-4-6-8-13)36-12(2)15-16-17(35-22(30)34-16)20(33-15)28-10-26-14-18(23)24-9-25-19(14)28;1-11(21(30)32-3)26-36(31,35-13-7-5-4-6-8-13)34-12(2)17-15(28)16(29)20(33-17)27-10-25-14-18(22)23-9-24-19(14)27;1-8(10(13)15-2)12-17(11,14)16-9-6-4-3-5-7-9;;;1-3-2/h4-20,26-28,31-32,39H,1-3H3,(H,34,35,37);4-12,15-17,20H,1-3H3,(H,27,31)(H2,23,24,25);4-12,15-17,20,28-29H,1-3H3,(H,26,31)(H2,22,23,24);3-8H,1-2H3,(H,12,14);2*1H4;3H,1-2H2/t20-,26+,27+,28+,31+,32?;11-,12-,15+,16+,17+,20+,38?;11-,12-,15-,16+,17+,20+,36?;8-,17?;;;/m0000.../s1. The smallest absolute Gasteiger partial charge is 0.497 e. The normalized spacial score (nSPS) is 23.0. The molecule has 6 aromatic heterocycles. The maximum Gasteiger partial charge on any atom is 0.509 e. The molecule has 0 saturated carbocycles. The third-order valence-electron chi connectivity index (χ3n) is 21.7. The molecule has 5 aliphatic rings. The predicted molar refractivity (Wildman–Crippen MR) is 521 cm³/mol. The summed E-state index contributed by atoms with van der Waals surface area (Å²) in [5, 5.41) is 43.2. The topological polar surface area (TPSA) is 568 Å². The molecule has 6 aromatic carbocycles. The largest absolute Gasteiger partial charge is 0.509 e. The number of imidazole rings is 3. The molecule has 0 amide bonds. The second-order valence-electron chi connectivity index (χ2n) is 31.0. The van der Waals surface area contributed by atoms with Crippen LogP contribution in [0.1, 0.15) is 91.8 Å². The van der Waals surface area contributed by atoms with E-state index in [1.165, 1.54) is 96.9 Å². The molecule has 0 aliphatic carbocycles. The van der Waals surface area contributed by atoms with Crippen molar-refractivity contribution in [2.24, 2.45) is 0 Å². The number of ether oxygens (including phenoxy) is 12. The molecule has 11 heterocycles. The number of benzene rings is 6. The number of carbonyl (C=O) groups excluding carboxylic acids is 4. The van der Waals surface area contributed by atoms with Gasteiger partial charge in [-0.05, 0) is 107 Å². The van der Waals surface area contributed by atoms with Gasteiger partial charge in [-0.15, -0.1) is 17.9 Å². The molecule has 52 heteroatoms. The molecule has 5 fully saturated rings. The SMILES string of the molecule is C.C.COC(=O)[C@H](C)NP(=O)(Cl)Oc1ccccc1.COC(=O)[C@H](C)NP(=O)(Oc1ccccc1)O[C@@H](C)[C@H]1O[C@@H](n2cnc3c(N)ncnc32)[C@@H]2OC(=O)O[C@@H]21.COC(=O)[C@H](C)NP(=O)(Oc1ccccc1)O[C@@H](C)[C@H]1O[C@@H](n2cnc3c(N)ncnc32)[C@H](O)[C@@H]1O.COc1ccc(C(Nc2ncnc3c2ncn3[C@@H]2O[C@H]([C@H](C)O)[C@H]3OC(OC)O[C@H]32)(c2ccccc2)c2ccccc2)cc1.PPP. The average Bonchev–Trinajstić information content (AvgIpc) is 1.47. The number of fused-ring (bicyclic) bond motifs is 5. The first-order valence-electron chi connectivity index (χ1n) is 42.3. The number of nitrogen functional groups attached to an aromatic ring is 2. The number of nitrogens with one attached hydrogen (secondary N) is 4. The molecule has 0 spiro atoms. The van der Waals surface area contributed by atoms with Crippen LogP contribution in [0.25, 0.3) is 33.5 Å². The zero-order chi connectivity index (χ0) is 98.9. The Hall–Kier alpha value is -11.0. The van der Waals surface area contributed by atoms with Gasteiger partial charge in [-0.1, -0.05) is 150 Å². The Labute approximate surface area is 815 Å². The number of nitrogens with zero attached hydrogens (tertiary/aromatic N) is 12. The van der Waals surface area contributed by atoms with Crippen LogP contribution in [0.4, 0.5) is 22.2 Å². The van der Waals surface area contributed by atoms with Gasteiger partial charge in [0.25, 0.3) is 6.48 Å². The number of esters is 3. The van der Waals surface area contributed by atoms with Crippen LogP contribution in [0.15, 0.2) is 214 Å². The number of anilines is 3. The van der Waals surface area contributed by atoms with E-state index in [0.717, 1.165) is 30.4 Å². The summed E-state index contributed by atoms with van der Waals surface area (Å²) in [5.41, 5.74) is 16.2. The van der Waals surface area contributed by atoms with Crippen LogP contribution in [0.3, 0.4) is 0 Å². The summed E-state index contributed by atoms with van der Waals surface area (Å²) in [5.74, 6) is 0.456. The number of aliphatic hydroxyl groups excluding tert-OH is 3. The zero-order valence-corrected chi connectivity index (χ0v) is 82.5. The Bertz CT molecular complexity index is 6200. The van der Waals surface area contributed by atoms with E-state index in [9.17, 15) is 48.2 Å². The second kappa shape index (κ2) is 49.1. The lowest BCUT2D eigenvalue weighted by Gasteiger charge is -2.37. The number of hydrogen-bond acceptors (Lipinski definition) is 39. The number of aliphatic hydroxyl groups is 3. The van der Waals surface area contributed by atoms with Crippen molar-refractivity contribution >= 4 is 134 Å². The molecule has 45 nitrogen and oxygen atoms in total. The van der Waals surface area contributed by atoms with Crippen LogP contribution >= 0.6 is 59.4 Å². The van der Waals surface area contributed by atoms with Gasteiger partial charge in [-0.25, -0.2) is 68.4 Å². The molecule has 12 aromatic rings. The molecule has 0 bridgehead atoms. The highest BCUT2D eigenvalue weighted by molar-refractivity contribution is 8.33. The Morgan fingerprint density at radius 3 is 1.29 bits per heavy atom. The number of carbonyl (C=O) groups is 4. The number of aromatic nitrogens is 12. The van der Waals surface area contributed by atoms with Gasteiger partial charge in [0.05, 0.1) is 65.7 Å². The Kier molecular flexibility index (Phi) is 38.4. The fourth-order valence-electron chi connectivity index (χ4n) is 15.4. The minimum atomic E-state index is -4.22. The summed E-state index contributed by atoms with van der Waals surface area (Å²) in [4.78, 5) is 85.8. The summed E-state index contributed by atoms with van der Waals surface area (Å²) in [6.07, 6.45) is -6.50. The molecule has 140 heavy (non-hydrogen) atoms. The van der Waals surface area contributed by atoms with Crippen molar-refractivity contribution in [1.82, 2.24) is 73.8 Å². The van der Waals surface area contributed by atoms with E-state index < -0.39 is 169 Å². The summed E-state index contributed by atoms with van der Waals surface area (Å²) in [7, 11) is 4.40. The number of nitrogens with two attached hydrogens (primary N) is 2. The van der Waals surface area contributed by atoms with Crippen molar-refractivity contribution < 1.29 is 128 Å². The molecule has 17 rings (SSSR count). The van der Waals surface area contributed by atoms with Gasteiger partial charge in [0.2, 0.25) is 0 Å². The van der Waals surface area contributed by atoms with Crippen LogP contribution in [0.2, 0.25) is 0 Å². The fraction of sp³-hybridized carbons (Fsp3) is 0.375. The summed E-state index contributed by atoms with van der Waals surface area (Å²) in [6, 6.07) is 50.5. The van der Waals surface area contributed by atoms with Gasteiger partial charge >= 0.3 is 46.4 Å². The summed E-state index contributed by atoms with van der Waals surface area (Å²) >= 11 is 5.68. The highest BCUT2D eigenvalue weighted by Crippen LogP contribution is 2.53. The van der Waals surface area contributed by atoms with E-state index in [1.807, 2.05) is 48.5 Å². The quantitative estimate of drug-likeness (QED) is 0.00818. The molecule has 5 aliphatic heterocycles. The van der Waals surface area contributed by atoms with E-state index >= 15 is 0 Å². The Morgan fingerprint density at radius 2 is 0.843 bits per heavy atom. The van der Waals surface area contributed by atoms with E-state index in [1.54, 1.807) is 123 Å². The number of hydrogen-bond donors (Lipinski definition) is 9. The Balaban J connectivity index is 0.000000183. The minimum absolute atomic E-state index is 0. The molecule has 752 valence electrons. The predicted octanol–water partition coefficient (Wildman–Crippen LogP) is 12.0. The number of methoxy groups -OCH3 is 5. The van der Waals surface area contributed by atoms with Crippen molar-refractivity contribution in [3.63, 3.8) is 0 Å². The van der Waals surface area contributed by atoms with Crippen molar-refractivity contribution in [2.75, 3.05) is 52.3 Å². The van der Waals surface area contributed by atoms with Gasteiger partial charge in [0.1, 0.15) is 119 Å². The lowest BCUT2D eigenvalue weighted by molar-refractivity contribution is -0.259. The third kappa shape index (κ3) is 25.5. The van der Waals surface area contributed by atoms with Gasteiger partial charge in [0, 0.05) is 18.4 Å². The third-order valence-corrected chi connectivity index (χ3v) is 26.9. The Morgan fingerprint density at radius 1 is 0.464 bits per heavy atom. The first-order valence-corrected chi connectivity index (χ1v) is 52.6. The van der Waals surface area contributed by atoms with E-state index in [4.69, 9.17) is 103 Å². The zero-order valence-electron chi connectivity index (χ0n) is 75.7. The minimum Gasteiger partial charge on any atom is -0.497 e. The molecule has 0 radical (unpaired) electrons. The molecule has 6 unspecified atom stereocenters. The molecule has 11 N–H and O–H groups in total. The molecule has 24 atom stereocenters. The van der Waals surface area contributed by atoms with Crippen molar-refractivity contribution in [3.05, 3.63) is 231 Å². The van der Waals surface area contributed by atoms with Crippen LogP contribution in [0.5, 0.6) is 23.0 Å². The maximum atomic E-state index is 13.9. The highest BCUT2D eigenvalue weighted by Gasteiger charge is 2.59. The van der Waals surface area contributed by atoms with Gasteiger partial charge < -0.3 is 103 Å². The monoisotopic (exact) mass is 2070 g/mol. The lowest BCUT2D eigenvalue weighted by Crippen LogP contribution is -2.41. The van der Waals surface area contributed by atoms with Gasteiger partial charge in [-0.3, -0.25) is 37.1 Å². The van der Waals surface area contributed by atoms with Crippen molar-refractivity contribution in [1.29, 1.82) is 0 Å². The van der Waals surface area contributed by atoms with Crippen LogP contribution in [0, 0.1) is 0 Å². The second-order valence-corrected chi connectivity index (χ2v) is 41.3. The van der Waals surface area contributed by atoms with E-state index in [-0.39, 0.29) is 38.0 Å². The van der Waals surface area contributed by atoms with Crippen LogP contribution < -0.4 is 50.4 Å². The van der Waals surface area contributed by atoms with Gasteiger partial charge in [-0.2, -0.15) is 10.2 Å². The first-order chi connectivity index (χ1) is 66.2. The summed E-state index contributed by atoms with van der Waals surface area (Å²) < 4.78 is 138. The van der Waals surface area contributed by atoms with Crippen LogP contribution in [-0.2, 0) is 94.8 Å². The number of rotatable bonds is 32. The van der Waals surface area contributed by atoms with E-state index in [0.29, 0.717) is 45.1 Å². The number of para-hydroxylation sites is 3. The first kappa shape index (κ1) is 109. The lowest BCUT2D eigenvalue weighted by atomic mass is 9.77. The molecule has 5 saturated heterocycles. The summed E-state index contributed by atoms with van der Waals surface area (Å²) in [6.45, 7) is 4.60. The molecular formula is C88H111ClN18O27P6. The van der Waals surface area contributed by atoms with Gasteiger partial charge in [0.15, 0.2) is 70.8 Å². The van der Waals surface area contributed by atoms with Crippen molar-refractivity contribution in [2.45, 2.75) is 178 Å². The van der Waals surface area contributed by atoms with E-state index in [2.05, 4.69) is 119 Å². The van der Waals surface area contributed by atoms with Crippen LogP contribution in [-0.4, -0.2) is 231 Å². The molecular weight excluding hydrogens is 1960 g/mol. The maximum absolute atomic E-state index is 13.9.